The molecule has 142 valence electrons. The zero-order valence-electron chi connectivity index (χ0n) is 16.0. The number of nitrogens with one attached hydrogen (secondary N) is 1. The van der Waals surface area contributed by atoms with Gasteiger partial charge >= 0.3 is 0 Å². The first-order chi connectivity index (χ1) is 13.2. The van der Waals surface area contributed by atoms with E-state index in [9.17, 15) is 10.1 Å². The van der Waals surface area contributed by atoms with Crippen LogP contribution in [0.5, 0.6) is 5.75 Å². The van der Waals surface area contributed by atoms with E-state index in [1.165, 1.54) is 38.9 Å². The van der Waals surface area contributed by atoms with Gasteiger partial charge in [-0.1, -0.05) is 18.6 Å². The second-order valence-electron chi connectivity index (χ2n) is 7.16. The van der Waals surface area contributed by atoms with Crippen molar-refractivity contribution in [2.24, 2.45) is 0 Å². The highest BCUT2D eigenvalue weighted by atomic mass is 16.5. The van der Waals surface area contributed by atoms with Crippen molar-refractivity contribution in [2.75, 3.05) is 26.2 Å². The molecule has 0 saturated carbocycles. The van der Waals surface area contributed by atoms with E-state index in [2.05, 4.69) is 9.88 Å². The van der Waals surface area contributed by atoms with E-state index in [1.807, 2.05) is 43.3 Å². The minimum absolute atomic E-state index is 0.145. The fourth-order valence-corrected chi connectivity index (χ4v) is 3.57. The van der Waals surface area contributed by atoms with Crippen molar-refractivity contribution < 1.29 is 4.74 Å². The van der Waals surface area contributed by atoms with Crippen LogP contribution in [0.1, 0.15) is 43.4 Å². The molecule has 0 radical (unpaired) electrons. The fraction of sp³-hybridized carbons (Fsp3) is 0.455. The van der Waals surface area contributed by atoms with E-state index < -0.39 is 0 Å². The standard InChI is InChI=1S/C22H27N3O2/c1-17-15-20(21(16-23)22(26)24-17)18-7-9-19(10-8-18)27-14-6-5-13-25-11-3-2-4-12-25/h7-10,15H,2-6,11-14H2,1H3,(H,24,26). The molecule has 2 aromatic rings. The number of aryl methyl sites for hydroxylation is 1. The van der Waals surface area contributed by atoms with Crippen molar-refractivity contribution in [1.82, 2.24) is 9.88 Å². The summed E-state index contributed by atoms with van der Waals surface area (Å²) in [5, 5.41) is 9.27. The van der Waals surface area contributed by atoms with Crippen molar-refractivity contribution in [2.45, 2.75) is 39.0 Å². The molecular weight excluding hydrogens is 338 g/mol. The monoisotopic (exact) mass is 365 g/mol. The minimum Gasteiger partial charge on any atom is -0.494 e. The molecular formula is C22H27N3O2. The van der Waals surface area contributed by atoms with E-state index in [4.69, 9.17) is 4.74 Å². The van der Waals surface area contributed by atoms with E-state index in [0.717, 1.165) is 29.8 Å². The van der Waals surface area contributed by atoms with Gasteiger partial charge in [-0.15, -0.1) is 0 Å². The second-order valence-corrected chi connectivity index (χ2v) is 7.16. The number of aromatic nitrogens is 1. The first kappa shape index (κ1) is 19.2. The highest BCUT2D eigenvalue weighted by Gasteiger charge is 2.11. The van der Waals surface area contributed by atoms with Crippen LogP contribution in [0.25, 0.3) is 11.1 Å². The maximum atomic E-state index is 11.9. The minimum atomic E-state index is -0.346. The van der Waals surface area contributed by atoms with Crippen molar-refractivity contribution in [3.05, 3.63) is 51.9 Å². The number of pyridine rings is 1. The maximum absolute atomic E-state index is 11.9. The third-order valence-corrected chi connectivity index (χ3v) is 5.03. The Morgan fingerprint density at radius 3 is 2.59 bits per heavy atom. The van der Waals surface area contributed by atoms with Crippen LogP contribution >= 0.6 is 0 Å². The number of aromatic amines is 1. The maximum Gasteiger partial charge on any atom is 0.266 e. The number of likely N-dealkylation sites (tertiary alicyclic amines) is 1. The van der Waals surface area contributed by atoms with E-state index in [-0.39, 0.29) is 11.1 Å². The predicted octanol–water partition coefficient (Wildman–Crippen LogP) is 3.87. The van der Waals surface area contributed by atoms with Crippen molar-refractivity contribution in [3.8, 4) is 22.9 Å². The normalized spacial score (nSPS) is 14.7. The van der Waals surface area contributed by atoms with Gasteiger partial charge in [0.25, 0.3) is 5.56 Å². The van der Waals surface area contributed by atoms with Gasteiger partial charge in [0, 0.05) is 11.3 Å². The highest BCUT2D eigenvalue weighted by molar-refractivity contribution is 5.70. The third-order valence-electron chi connectivity index (χ3n) is 5.03. The molecule has 27 heavy (non-hydrogen) atoms. The van der Waals surface area contributed by atoms with Gasteiger partial charge in [0.15, 0.2) is 0 Å². The molecule has 0 unspecified atom stereocenters. The molecule has 1 aromatic heterocycles. The Morgan fingerprint density at radius 2 is 1.89 bits per heavy atom. The van der Waals surface area contributed by atoms with E-state index in [1.54, 1.807) is 0 Å². The Morgan fingerprint density at radius 1 is 1.15 bits per heavy atom. The summed E-state index contributed by atoms with van der Waals surface area (Å²) in [5.41, 5.74) is 2.04. The lowest BCUT2D eigenvalue weighted by molar-refractivity contribution is 0.216. The number of nitriles is 1. The molecule has 0 bridgehead atoms. The molecule has 0 atom stereocenters. The SMILES string of the molecule is Cc1cc(-c2ccc(OCCCCN3CCCCC3)cc2)c(C#N)c(=O)[nH]1. The smallest absolute Gasteiger partial charge is 0.266 e. The summed E-state index contributed by atoms with van der Waals surface area (Å²) < 4.78 is 5.84. The number of hydrogen-bond acceptors (Lipinski definition) is 4. The van der Waals surface area contributed by atoms with Crippen LogP contribution in [0.2, 0.25) is 0 Å². The van der Waals surface area contributed by atoms with Crippen molar-refractivity contribution in [3.63, 3.8) is 0 Å². The average Bonchev–Trinajstić information content (AvgIpc) is 2.68. The summed E-state index contributed by atoms with van der Waals surface area (Å²) in [5.74, 6) is 0.816. The number of nitrogens with zero attached hydrogens (tertiary/aromatic N) is 2. The Labute approximate surface area is 160 Å². The lowest BCUT2D eigenvalue weighted by atomic mass is 10.0. The van der Waals surface area contributed by atoms with Gasteiger partial charge in [0.1, 0.15) is 17.4 Å². The van der Waals surface area contributed by atoms with Gasteiger partial charge in [-0.3, -0.25) is 4.79 Å². The summed E-state index contributed by atoms with van der Waals surface area (Å²) in [6.45, 7) is 6.18. The molecule has 3 rings (SSSR count). The summed E-state index contributed by atoms with van der Waals surface area (Å²) in [4.78, 5) is 17.2. The van der Waals surface area contributed by atoms with Gasteiger partial charge < -0.3 is 14.6 Å². The fourth-order valence-electron chi connectivity index (χ4n) is 3.57. The molecule has 1 aliphatic heterocycles. The first-order valence-corrected chi connectivity index (χ1v) is 9.77. The van der Waals surface area contributed by atoms with Crippen LogP contribution in [0, 0.1) is 18.3 Å². The molecule has 2 heterocycles. The number of hydrogen-bond donors (Lipinski definition) is 1. The van der Waals surface area contributed by atoms with Crippen LogP contribution in [0.15, 0.2) is 35.1 Å². The van der Waals surface area contributed by atoms with Crippen molar-refractivity contribution in [1.29, 1.82) is 5.26 Å². The van der Waals surface area contributed by atoms with Gasteiger partial charge in [-0.25, -0.2) is 0 Å². The molecule has 0 amide bonds. The summed E-state index contributed by atoms with van der Waals surface area (Å²) in [6, 6.07) is 11.4. The Hall–Kier alpha value is -2.58. The van der Waals surface area contributed by atoms with Crippen LogP contribution in [0.3, 0.4) is 0 Å². The van der Waals surface area contributed by atoms with Crippen LogP contribution in [-0.4, -0.2) is 36.1 Å². The molecule has 1 aromatic carbocycles. The molecule has 5 heteroatoms. The Kier molecular flexibility index (Phi) is 6.67. The first-order valence-electron chi connectivity index (χ1n) is 9.77. The Bertz CT molecular complexity index is 843. The quantitative estimate of drug-likeness (QED) is 0.756. The molecule has 1 aliphatic rings. The lowest BCUT2D eigenvalue weighted by Crippen LogP contribution is -2.30. The summed E-state index contributed by atoms with van der Waals surface area (Å²) in [6.07, 6.45) is 6.26. The number of H-pyrrole nitrogens is 1. The number of piperidine rings is 1. The molecule has 1 saturated heterocycles. The topological polar surface area (TPSA) is 69.1 Å². The summed E-state index contributed by atoms with van der Waals surface area (Å²) in [7, 11) is 0. The average molecular weight is 365 g/mol. The van der Waals surface area contributed by atoms with Crippen LogP contribution < -0.4 is 10.3 Å². The van der Waals surface area contributed by atoms with Gasteiger partial charge in [-0.05, 0) is 76.0 Å². The van der Waals surface area contributed by atoms with Crippen LogP contribution in [0.4, 0.5) is 0 Å². The lowest BCUT2D eigenvalue weighted by Gasteiger charge is -2.26. The van der Waals surface area contributed by atoms with Gasteiger partial charge in [-0.2, -0.15) is 5.26 Å². The number of ether oxygens (including phenoxy) is 1. The van der Waals surface area contributed by atoms with Gasteiger partial charge in [0.05, 0.1) is 6.61 Å². The number of unbranched alkanes of at least 4 members (excludes halogenated alkanes) is 1. The molecule has 0 spiro atoms. The van der Waals surface area contributed by atoms with Gasteiger partial charge in [0.2, 0.25) is 0 Å². The molecule has 0 aliphatic carbocycles. The van der Waals surface area contributed by atoms with Crippen LogP contribution in [-0.2, 0) is 0 Å². The zero-order valence-corrected chi connectivity index (χ0v) is 16.0. The highest BCUT2D eigenvalue weighted by Crippen LogP contribution is 2.24. The summed E-state index contributed by atoms with van der Waals surface area (Å²) >= 11 is 0. The number of benzene rings is 1. The second kappa shape index (κ2) is 9.38. The predicted molar refractivity (Wildman–Crippen MR) is 107 cm³/mol. The Balaban J connectivity index is 1.52. The van der Waals surface area contributed by atoms with Crippen molar-refractivity contribution >= 4 is 0 Å². The molecule has 1 N–H and O–H groups in total. The zero-order chi connectivity index (χ0) is 19.1. The number of rotatable bonds is 7. The largest absolute Gasteiger partial charge is 0.494 e. The van der Waals surface area contributed by atoms with E-state index >= 15 is 0 Å². The molecule has 5 nitrogen and oxygen atoms in total. The third kappa shape index (κ3) is 5.21. The van der Waals surface area contributed by atoms with E-state index in [0.29, 0.717) is 12.2 Å². The molecule has 1 fully saturated rings.